The van der Waals surface area contributed by atoms with Crippen LogP contribution in [0.3, 0.4) is 0 Å². The molecule has 0 radical (unpaired) electrons. The van der Waals surface area contributed by atoms with E-state index in [9.17, 15) is 4.79 Å². The van der Waals surface area contributed by atoms with E-state index < -0.39 is 0 Å². The summed E-state index contributed by atoms with van der Waals surface area (Å²) in [6.07, 6.45) is 6.89. The van der Waals surface area contributed by atoms with Gasteiger partial charge in [-0.3, -0.25) is 9.90 Å². The first-order valence-corrected chi connectivity index (χ1v) is 12.9. The van der Waals surface area contributed by atoms with Crippen LogP contribution < -0.4 is 20.4 Å². The Balaban J connectivity index is 1.55. The molecule has 0 unspecified atom stereocenters. The van der Waals surface area contributed by atoms with Gasteiger partial charge in [0.25, 0.3) is 0 Å². The van der Waals surface area contributed by atoms with E-state index in [4.69, 9.17) is 9.57 Å². The van der Waals surface area contributed by atoms with Gasteiger partial charge < -0.3 is 19.9 Å². The summed E-state index contributed by atoms with van der Waals surface area (Å²) in [6.45, 7) is 5.24. The SMILES string of the molecule is CCOc1ccc2c(N(C)OCC)c(-c3ccc(NC(=O)NC4CCC4)cc3)n(C3CCC3)c2c1. The van der Waals surface area contributed by atoms with Crippen molar-refractivity contribution < 1.29 is 14.4 Å². The molecule has 0 aliphatic heterocycles. The normalized spacial score (nSPS) is 16.0. The number of anilines is 2. The van der Waals surface area contributed by atoms with Gasteiger partial charge in [0.1, 0.15) is 5.75 Å². The van der Waals surface area contributed by atoms with E-state index in [2.05, 4.69) is 39.5 Å². The molecule has 2 N–H and O–H groups in total. The predicted molar refractivity (Wildman–Crippen MR) is 141 cm³/mol. The highest BCUT2D eigenvalue weighted by Gasteiger charge is 2.29. The van der Waals surface area contributed by atoms with Gasteiger partial charge in [-0.05, 0) is 76.6 Å². The molecule has 2 amide bonds. The molecule has 5 rings (SSSR count). The monoisotopic (exact) mass is 476 g/mol. The minimum Gasteiger partial charge on any atom is -0.494 e. The fourth-order valence-electron chi connectivity index (χ4n) is 5.02. The first kappa shape index (κ1) is 23.5. The van der Waals surface area contributed by atoms with Crippen molar-refractivity contribution in [2.24, 2.45) is 0 Å². The van der Waals surface area contributed by atoms with Crippen LogP contribution in [0.25, 0.3) is 22.2 Å². The van der Waals surface area contributed by atoms with E-state index in [0.717, 1.165) is 59.5 Å². The molecule has 0 spiro atoms. The number of rotatable bonds is 9. The first-order chi connectivity index (χ1) is 17.1. The number of amides is 2. The van der Waals surface area contributed by atoms with Crippen LogP contribution >= 0.6 is 0 Å². The number of carbonyl (C=O) groups is 1. The minimum atomic E-state index is -0.133. The van der Waals surface area contributed by atoms with Crippen LogP contribution in [0, 0.1) is 0 Å². The largest absolute Gasteiger partial charge is 0.494 e. The third-order valence-electron chi connectivity index (χ3n) is 7.19. The van der Waals surface area contributed by atoms with Crippen LogP contribution in [0.4, 0.5) is 16.2 Å². The molecule has 2 fully saturated rings. The maximum atomic E-state index is 12.3. The highest BCUT2D eigenvalue weighted by atomic mass is 16.7. The van der Waals surface area contributed by atoms with Crippen molar-refractivity contribution in [3.05, 3.63) is 42.5 Å². The lowest BCUT2D eigenvalue weighted by Gasteiger charge is -2.31. The number of carbonyl (C=O) groups excluding carboxylic acids is 1. The Kier molecular flexibility index (Phi) is 6.86. The van der Waals surface area contributed by atoms with E-state index in [1.54, 1.807) is 0 Å². The van der Waals surface area contributed by atoms with Crippen molar-refractivity contribution in [3.63, 3.8) is 0 Å². The smallest absolute Gasteiger partial charge is 0.319 e. The van der Waals surface area contributed by atoms with Gasteiger partial charge >= 0.3 is 6.03 Å². The van der Waals surface area contributed by atoms with E-state index >= 15 is 0 Å². The van der Waals surface area contributed by atoms with E-state index in [-0.39, 0.29) is 6.03 Å². The maximum absolute atomic E-state index is 12.3. The lowest BCUT2D eigenvalue weighted by Crippen LogP contribution is -2.41. The van der Waals surface area contributed by atoms with Gasteiger partial charge in [0.05, 0.1) is 30.1 Å². The molecule has 0 saturated heterocycles. The van der Waals surface area contributed by atoms with E-state index in [1.807, 2.05) is 44.2 Å². The molecule has 186 valence electrons. The highest BCUT2D eigenvalue weighted by molar-refractivity contribution is 6.03. The number of urea groups is 1. The number of hydrogen-bond acceptors (Lipinski definition) is 4. The second kappa shape index (κ2) is 10.2. The van der Waals surface area contributed by atoms with Crippen molar-refractivity contribution >= 4 is 28.3 Å². The Morgan fingerprint density at radius 3 is 2.37 bits per heavy atom. The summed E-state index contributed by atoms with van der Waals surface area (Å²) in [6, 6.07) is 15.1. The second-order valence-corrected chi connectivity index (χ2v) is 9.48. The van der Waals surface area contributed by atoms with Crippen molar-refractivity contribution in [1.82, 2.24) is 9.88 Å². The quantitative estimate of drug-likeness (QED) is 0.346. The summed E-state index contributed by atoms with van der Waals surface area (Å²) >= 11 is 0. The van der Waals surface area contributed by atoms with Crippen molar-refractivity contribution in [1.29, 1.82) is 0 Å². The number of fused-ring (bicyclic) bond motifs is 1. The Bertz CT molecular complexity index is 1180. The minimum absolute atomic E-state index is 0.133. The third kappa shape index (κ3) is 4.69. The number of nitrogens with zero attached hydrogens (tertiary/aromatic N) is 2. The summed E-state index contributed by atoms with van der Waals surface area (Å²) in [5.41, 5.74) is 5.24. The summed E-state index contributed by atoms with van der Waals surface area (Å²) in [5, 5.41) is 9.05. The third-order valence-corrected chi connectivity index (χ3v) is 7.19. The molecule has 7 nitrogen and oxygen atoms in total. The summed E-state index contributed by atoms with van der Waals surface area (Å²) in [7, 11) is 1.98. The molecule has 35 heavy (non-hydrogen) atoms. The zero-order valence-electron chi connectivity index (χ0n) is 21.0. The molecule has 0 atom stereocenters. The first-order valence-electron chi connectivity index (χ1n) is 12.9. The number of hydroxylamine groups is 1. The molecular formula is C28H36N4O3. The number of nitrogens with one attached hydrogen (secondary N) is 2. The molecular weight excluding hydrogens is 440 g/mol. The highest BCUT2D eigenvalue weighted by Crippen LogP contribution is 2.47. The molecule has 3 aromatic rings. The molecule has 2 aliphatic rings. The number of aromatic nitrogens is 1. The van der Waals surface area contributed by atoms with Crippen molar-refractivity contribution in [3.8, 4) is 17.0 Å². The van der Waals surface area contributed by atoms with Crippen LogP contribution in [0.1, 0.15) is 58.4 Å². The summed E-state index contributed by atoms with van der Waals surface area (Å²) < 4.78 is 8.32. The van der Waals surface area contributed by atoms with Crippen LogP contribution in [-0.2, 0) is 4.84 Å². The Morgan fingerprint density at radius 2 is 1.77 bits per heavy atom. The Labute approximate surface area is 207 Å². The average Bonchev–Trinajstić information content (AvgIpc) is 3.10. The van der Waals surface area contributed by atoms with Gasteiger partial charge in [-0.25, -0.2) is 4.79 Å². The van der Waals surface area contributed by atoms with Gasteiger partial charge in [0.2, 0.25) is 0 Å². The molecule has 2 saturated carbocycles. The average molecular weight is 477 g/mol. The van der Waals surface area contributed by atoms with Gasteiger partial charge in [-0.15, -0.1) is 0 Å². The number of benzene rings is 2. The lowest BCUT2D eigenvalue weighted by molar-refractivity contribution is 0.135. The summed E-state index contributed by atoms with van der Waals surface area (Å²) in [4.78, 5) is 18.3. The molecule has 2 aromatic carbocycles. The van der Waals surface area contributed by atoms with Crippen LogP contribution in [0.5, 0.6) is 5.75 Å². The topological polar surface area (TPSA) is 67.8 Å². The molecule has 1 aromatic heterocycles. The number of ether oxygens (including phenoxy) is 1. The predicted octanol–water partition coefficient (Wildman–Crippen LogP) is 6.49. The standard InChI is InChI=1S/C28H36N4O3/c1-4-34-23-16-17-24-25(18-23)32(22-10-7-11-22)26(27(24)31(3)35-5-2)19-12-14-21(15-13-19)30-28(33)29-20-8-6-9-20/h12-18,20,22H,4-11H2,1-3H3,(H2,29,30,33). The number of hydrogen-bond donors (Lipinski definition) is 2. The van der Waals surface area contributed by atoms with Gasteiger partial charge in [-0.1, -0.05) is 12.1 Å². The fourth-order valence-corrected chi connectivity index (χ4v) is 5.02. The van der Waals surface area contributed by atoms with Gasteiger partial charge in [0.15, 0.2) is 0 Å². The van der Waals surface area contributed by atoms with Crippen LogP contribution in [0.15, 0.2) is 42.5 Å². The molecule has 1 heterocycles. The van der Waals surface area contributed by atoms with E-state index in [0.29, 0.717) is 25.3 Å². The molecule has 0 bridgehead atoms. The van der Waals surface area contributed by atoms with Crippen molar-refractivity contribution in [2.75, 3.05) is 30.6 Å². The van der Waals surface area contributed by atoms with Crippen molar-refractivity contribution in [2.45, 2.75) is 64.5 Å². The zero-order valence-corrected chi connectivity index (χ0v) is 21.0. The Morgan fingerprint density at radius 1 is 1.03 bits per heavy atom. The van der Waals surface area contributed by atoms with Gasteiger partial charge in [-0.2, -0.15) is 0 Å². The fraction of sp³-hybridized carbons (Fsp3) is 0.464. The lowest BCUT2D eigenvalue weighted by atomic mass is 9.92. The summed E-state index contributed by atoms with van der Waals surface area (Å²) in [5.74, 6) is 0.882. The van der Waals surface area contributed by atoms with Crippen LogP contribution in [0.2, 0.25) is 0 Å². The molecule has 2 aliphatic carbocycles. The van der Waals surface area contributed by atoms with E-state index in [1.165, 1.54) is 18.4 Å². The Hall–Kier alpha value is -3.19. The van der Waals surface area contributed by atoms with Crippen LogP contribution in [-0.4, -0.2) is 36.9 Å². The molecule has 7 heteroatoms. The van der Waals surface area contributed by atoms with Gasteiger partial charge in [0, 0.05) is 41.8 Å². The zero-order chi connectivity index (χ0) is 24.4. The maximum Gasteiger partial charge on any atom is 0.319 e. The second-order valence-electron chi connectivity index (χ2n) is 9.48.